The van der Waals surface area contributed by atoms with Gasteiger partial charge in [0.1, 0.15) is 12.6 Å². The van der Waals surface area contributed by atoms with Crippen molar-refractivity contribution in [3.63, 3.8) is 0 Å². The van der Waals surface area contributed by atoms with Gasteiger partial charge in [0.05, 0.1) is 11.4 Å². The van der Waals surface area contributed by atoms with Gasteiger partial charge in [0, 0.05) is 25.6 Å². The van der Waals surface area contributed by atoms with Crippen LogP contribution in [0.2, 0.25) is 0 Å². The first-order chi connectivity index (χ1) is 19.7. The van der Waals surface area contributed by atoms with Crippen LogP contribution in [0.25, 0.3) is 0 Å². The lowest BCUT2D eigenvalue weighted by molar-refractivity contribution is -0.140. The van der Waals surface area contributed by atoms with E-state index in [0.29, 0.717) is 18.0 Å². The summed E-state index contributed by atoms with van der Waals surface area (Å²) in [6.45, 7) is 5.62. The molecule has 10 heteroatoms. The highest BCUT2D eigenvalue weighted by atomic mass is 32.2. The van der Waals surface area contributed by atoms with E-state index in [9.17, 15) is 18.0 Å². The molecule has 1 aliphatic heterocycles. The summed E-state index contributed by atoms with van der Waals surface area (Å²) in [6, 6.07) is 21.1. The first-order valence-electron chi connectivity index (χ1n) is 13.8. The number of benzene rings is 3. The van der Waals surface area contributed by atoms with Crippen molar-refractivity contribution in [2.75, 3.05) is 29.9 Å². The summed E-state index contributed by atoms with van der Waals surface area (Å²) in [7, 11) is -3.87. The van der Waals surface area contributed by atoms with E-state index < -0.39 is 28.5 Å². The monoisotopic (exact) mass is 579 g/mol. The Bertz CT molecular complexity index is 1440. The Kier molecular flexibility index (Phi) is 9.88. The van der Waals surface area contributed by atoms with Crippen molar-refractivity contribution >= 4 is 27.5 Å². The predicted octanol–water partition coefficient (Wildman–Crippen LogP) is 4.05. The quantitative estimate of drug-likeness (QED) is 0.328. The number of ether oxygens (including phenoxy) is 2. The molecule has 1 atom stereocenters. The van der Waals surface area contributed by atoms with E-state index in [1.54, 1.807) is 18.2 Å². The summed E-state index contributed by atoms with van der Waals surface area (Å²) in [5.74, 6) is -0.0806. The molecule has 1 N–H and O–H groups in total. The number of carbonyl (C=O) groups is 2. The van der Waals surface area contributed by atoms with Crippen molar-refractivity contribution in [1.82, 2.24) is 10.2 Å². The summed E-state index contributed by atoms with van der Waals surface area (Å²) < 4.78 is 38.5. The first-order valence-corrected chi connectivity index (χ1v) is 15.4. The van der Waals surface area contributed by atoms with Gasteiger partial charge in [0.15, 0.2) is 11.5 Å². The molecule has 0 spiro atoms. The van der Waals surface area contributed by atoms with E-state index in [1.807, 2.05) is 68.4 Å². The van der Waals surface area contributed by atoms with Gasteiger partial charge < -0.3 is 19.7 Å². The van der Waals surface area contributed by atoms with E-state index in [1.165, 1.54) is 11.8 Å². The third-order valence-electron chi connectivity index (χ3n) is 6.92. The van der Waals surface area contributed by atoms with Gasteiger partial charge in [0.2, 0.25) is 28.6 Å². The SMILES string of the molecule is CCCNC(=O)[C@@H](Cc1ccccc1)N(Cc1ccc(C)cc1)C(=O)CN(c1ccc2c(c1)OCO2)S(=O)(=O)CC. The molecular weight excluding hydrogens is 542 g/mol. The summed E-state index contributed by atoms with van der Waals surface area (Å²) in [6.07, 6.45) is 1.01. The molecule has 0 bridgehead atoms. The molecule has 0 saturated heterocycles. The zero-order chi connectivity index (χ0) is 29.4. The van der Waals surface area contributed by atoms with E-state index in [4.69, 9.17) is 9.47 Å². The number of fused-ring (bicyclic) bond motifs is 1. The molecule has 0 aliphatic carbocycles. The van der Waals surface area contributed by atoms with Crippen LogP contribution in [0.1, 0.15) is 37.0 Å². The molecule has 0 saturated carbocycles. The van der Waals surface area contributed by atoms with Gasteiger partial charge in [0.25, 0.3) is 0 Å². The van der Waals surface area contributed by atoms with Gasteiger partial charge in [-0.2, -0.15) is 0 Å². The van der Waals surface area contributed by atoms with Crippen LogP contribution in [0, 0.1) is 6.92 Å². The Morgan fingerprint density at radius 3 is 2.32 bits per heavy atom. The number of hydrogen-bond acceptors (Lipinski definition) is 6. The minimum Gasteiger partial charge on any atom is -0.454 e. The second-order valence-corrected chi connectivity index (χ2v) is 12.1. The fourth-order valence-electron chi connectivity index (χ4n) is 4.57. The lowest BCUT2D eigenvalue weighted by atomic mass is 10.0. The highest BCUT2D eigenvalue weighted by molar-refractivity contribution is 7.92. The van der Waals surface area contributed by atoms with Crippen LogP contribution in [-0.2, 0) is 32.6 Å². The van der Waals surface area contributed by atoms with Gasteiger partial charge in [-0.1, -0.05) is 67.1 Å². The van der Waals surface area contributed by atoms with E-state index >= 15 is 0 Å². The third kappa shape index (κ3) is 7.58. The summed E-state index contributed by atoms with van der Waals surface area (Å²) in [4.78, 5) is 29.2. The molecule has 0 aromatic heterocycles. The van der Waals surface area contributed by atoms with E-state index in [-0.39, 0.29) is 37.1 Å². The molecule has 2 amide bonds. The molecule has 4 rings (SSSR count). The standard InChI is InChI=1S/C31H37N3O6S/c1-4-17-32-31(36)27(18-24-9-7-6-8-10-24)33(20-25-13-11-23(3)12-14-25)30(35)21-34(41(37,38)5-2)26-15-16-28-29(19-26)40-22-39-28/h6-16,19,27H,4-5,17-18,20-22H2,1-3H3,(H,32,36)/t27-/m1/s1. The number of hydrogen-bond donors (Lipinski definition) is 1. The van der Waals surface area contributed by atoms with Crippen molar-refractivity contribution in [3.8, 4) is 11.5 Å². The van der Waals surface area contributed by atoms with Crippen molar-refractivity contribution in [1.29, 1.82) is 0 Å². The molecule has 3 aromatic rings. The Hall–Kier alpha value is -4.05. The molecule has 41 heavy (non-hydrogen) atoms. The lowest BCUT2D eigenvalue weighted by Gasteiger charge is -2.33. The molecule has 218 valence electrons. The number of rotatable bonds is 13. The zero-order valence-corrected chi connectivity index (χ0v) is 24.5. The van der Waals surface area contributed by atoms with Gasteiger partial charge >= 0.3 is 0 Å². The Morgan fingerprint density at radius 1 is 0.927 bits per heavy atom. The van der Waals surface area contributed by atoms with Crippen LogP contribution in [0.15, 0.2) is 72.8 Å². The molecule has 0 fully saturated rings. The number of carbonyl (C=O) groups excluding carboxylic acids is 2. The minimum atomic E-state index is -3.87. The van der Waals surface area contributed by atoms with Crippen molar-refractivity contribution in [2.45, 2.75) is 46.2 Å². The van der Waals surface area contributed by atoms with Crippen LogP contribution in [0.3, 0.4) is 0 Å². The third-order valence-corrected chi connectivity index (χ3v) is 8.66. The van der Waals surface area contributed by atoms with Gasteiger partial charge in [-0.25, -0.2) is 8.42 Å². The molecule has 3 aromatic carbocycles. The van der Waals surface area contributed by atoms with Gasteiger partial charge in [-0.05, 0) is 43.5 Å². The Labute approximate surface area is 242 Å². The fourth-order valence-corrected chi connectivity index (χ4v) is 5.62. The topological polar surface area (TPSA) is 105 Å². The smallest absolute Gasteiger partial charge is 0.244 e. The molecule has 0 radical (unpaired) electrons. The number of nitrogens with zero attached hydrogens (tertiary/aromatic N) is 2. The highest BCUT2D eigenvalue weighted by Gasteiger charge is 2.34. The van der Waals surface area contributed by atoms with Crippen LogP contribution < -0.4 is 19.1 Å². The molecular formula is C31H37N3O6S. The normalized spacial score (nSPS) is 13.0. The maximum absolute atomic E-state index is 14.2. The highest BCUT2D eigenvalue weighted by Crippen LogP contribution is 2.36. The Balaban J connectivity index is 1.73. The van der Waals surface area contributed by atoms with Gasteiger partial charge in [-0.15, -0.1) is 0 Å². The first kappa shape index (κ1) is 29.9. The second kappa shape index (κ2) is 13.5. The zero-order valence-electron chi connectivity index (χ0n) is 23.7. The maximum atomic E-state index is 14.2. The lowest BCUT2D eigenvalue weighted by Crippen LogP contribution is -2.53. The van der Waals surface area contributed by atoms with E-state index in [0.717, 1.165) is 27.4 Å². The average Bonchev–Trinajstić information content (AvgIpc) is 3.46. The number of nitrogens with one attached hydrogen (secondary N) is 1. The number of amides is 2. The van der Waals surface area contributed by atoms with Crippen molar-refractivity contribution in [3.05, 3.63) is 89.5 Å². The minimum absolute atomic E-state index is 0.0383. The summed E-state index contributed by atoms with van der Waals surface area (Å²) in [5.41, 5.74) is 3.07. The maximum Gasteiger partial charge on any atom is 0.244 e. The number of aryl methyl sites for hydroxylation is 1. The number of sulfonamides is 1. The summed E-state index contributed by atoms with van der Waals surface area (Å²) in [5, 5.41) is 2.94. The molecule has 1 heterocycles. The number of anilines is 1. The van der Waals surface area contributed by atoms with Crippen LogP contribution >= 0.6 is 0 Å². The van der Waals surface area contributed by atoms with Gasteiger partial charge in [-0.3, -0.25) is 13.9 Å². The average molecular weight is 580 g/mol. The molecule has 9 nitrogen and oxygen atoms in total. The molecule has 0 unspecified atom stereocenters. The predicted molar refractivity (Wildman–Crippen MR) is 158 cm³/mol. The van der Waals surface area contributed by atoms with E-state index in [2.05, 4.69) is 5.32 Å². The second-order valence-electron chi connectivity index (χ2n) is 9.95. The van der Waals surface area contributed by atoms with Crippen molar-refractivity contribution in [2.24, 2.45) is 0 Å². The van der Waals surface area contributed by atoms with Crippen LogP contribution in [-0.4, -0.2) is 56.8 Å². The van der Waals surface area contributed by atoms with Crippen molar-refractivity contribution < 1.29 is 27.5 Å². The Morgan fingerprint density at radius 2 is 1.63 bits per heavy atom. The van der Waals surface area contributed by atoms with Crippen LogP contribution in [0.5, 0.6) is 11.5 Å². The largest absolute Gasteiger partial charge is 0.454 e. The molecule has 1 aliphatic rings. The summed E-state index contributed by atoms with van der Waals surface area (Å²) >= 11 is 0. The van der Waals surface area contributed by atoms with Crippen LogP contribution in [0.4, 0.5) is 5.69 Å². The fraction of sp³-hybridized carbons (Fsp3) is 0.355.